The number of aromatic nitrogens is 1. The van der Waals surface area contributed by atoms with E-state index in [-0.39, 0.29) is 5.97 Å². The Morgan fingerprint density at radius 2 is 2.37 bits per heavy atom. The van der Waals surface area contributed by atoms with Gasteiger partial charge in [-0.1, -0.05) is 0 Å². The van der Waals surface area contributed by atoms with Crippen molar-refractivity contribution in [3.05, 3.63) is 11.2 Å². The first-order chi connectivity index (χ1) is 9.22. The molecule has 1 aromatic rings. The lowest BCUT2D eigenvalue weighted by Gasteiger charge is -2.28. The zero-order valence-corrected chi connectivity index (χ0v) is 12.2. The number of ether oxygens (including phenoxy) is 2. The maximum Gasteiger partial charge on any atom is 0.360 e. The number of rotatable bonds is 5. The summed E-state index contributed by atoms with van der Waals surface area (Å²) >= 11 is 1.44. The van der Waals surface area contributed by atoms with E-state index in [4.69, 9.17) is 9.47 Å². The van der Waals surface area contributed by atoms with Crippen LogP contribution in [-0.4, -0.2) is 36.8 Å². The van der Waals surface area contributed by atoms with E-state index in [0.717, 1.165) is 31.1 Å². The second kappa shape index (κ2) is 6.86. The van der Waals surface area contributed by atoms with E-state index in [1.165, 1.54) is 11.3 Å². The molecule has 106 valence electrons. The average molecular weight is 284 g/mol. The lowest BCUT2D eigenvalue weighted by atomic mass is 9.93. The molecule has 1 N–H and O–H groups in total. The molecule has 0 bridgehead atoms. The third kappa shape index (κ3) is 3.67. The van der Waals surface area contributed by atoms with Crippen molar-refractivity contribution in [2.24, 2.45) is 5.92 Å². The maximum atomic E-state index is 11.7. The second-order valence-corrected chi connectivity index (χ2v) is 5.49. The van der Waals surface area contributed by atoms with Gasteiger partial charge in [-0.3, -0.25) is 0 Å². The van der Waals surface area contributed by atoms with Gasteiger partial charge < -0.3 is 14.8 Å². The minimum atomic E-state index is -0.356. The maximum absolute atomic E-state index is 11.7. The van der Waals surface area contributed by atoms with Crippen molar-refractivity contribution in [3.8, 4) is 0 Å². The summed E-state index contributed by atoms with van der Waals surface area (Å²) < 4.78 is 10.4. The number of carbonyl (C=O) groups is 1. The number of carbonyl (C=O) groups excluding carboxylic acids is 1. The molecule has 0 radical (unpaired) electrons. The Kier molecular flexibility index (Phi) is 5.15. The van der Waals surface area contributed by atoms with E-state index >= 15 is 0 Å². The molecule has 2 heterocycles. The fraction of sp³-hybridized carbons (Fsp3) is 0.692. The molecular formula is C13H20N2O3S. The van der Waals surface area contributed by atoms with Gasteiger partial charge in [0.05, 0.1) is 12.1 Å². The quantitative estimate of drug-likeness (QED) is 0.842. The fourth-order valence-electron chi connectivity index (χ4n) is 2.23. The predicted molar refractivity (Wildman–Crippen MR) is 74.7 cm³/mol. The summed E-state index contributed by atoms with van der Waals surface area (Å²) in [6.07, 6.45) is 2.11. The molecule has 0 saturated carbocycles. The van der Waals surface area contributed by atoms with Crippen molar-refractivity contribution in [1.82, 2.24) is 4.98 Å². The van der Waals surface area contributed by atoms with Crippen LogP contribution in [0.1, 0.15) is 37.2 Å². The zero-order valence-electron chi connectivity index (χ0n) is 11.3. The molecule has 19 heavy (non-hydrogen) atoms. The Bertz CT molecular complexity index is 416. The highest BCUT2D eigenvalue weighted by atomic mass is 32.1. The number of nitrogens with zero attached hydrogens (tertiary/aromatic N) is 1. The van der Waals surface area contributed by atoms with E-state index in [9.17, 15) is 4.79 Å². The standard InChI is InChI=1S/C13H20N2O3S/c1-3-18-13(16)11-12(19-8-14-11)15-9(2)10-4-6-17-7-5-10/h8-10,15H,3-7H2,1-2H3. The molecule has 1 unspecified atom stereocenters. The molecule has 1 fully saturated rings. The van der Waals surface area contributed by atoms with Crippen molar-refractivity contribution >= 4 is 22.3 Å². The number of nitrogens with one attached hydrogen (secondary N) is 1. The molecule has 1 aromatic heterocycles. The van der Waals surface area contributed by atoms with Crippen LogP contribution in [0.3, 0.4) is 0 Å². The molecule has 5 nitrogen and oxygen atoms in total. The minimum Gasteiger partial charge on any atom is -0.461 e. The first-order valence-electron chi connectivity index (χ1n) is 6.67. The summed E-state index contributed by atoms with van der Waals surface area (Å²) in [5, 5.41) is 4.20. The van der Waals surface area contributed by atoms with Gasteiger partial charge >= 0.3 is 5.97 Å². The van der Waals surface area contributed by atoms with E-state index in [2.05, 4.69) is 17.2 Å². The topological polar surface area (TPSA) is 60.5 Å². The number of hydrogen-bond donors (Lipinski definition) is 1. The van der Waals surface area contributed by atoms with Crippen molar-refractivity contribution in [3.63, 3.8) is 0 Å². The third-order valence-corrected chi connectivity index (χ3v) is 4.13. The van der Waals surface area contributed by atoms with Crippen LogP contribution in [-0.2, 0) is 9.47 Å². The fourth-order valence-corrected chi connectivity index (χ4v) is 3.00. The summed E-state index contributed by atoms with van der Waals surface area (Å²) in [7, 11) is 0. The Morgan fingerprint density at radius 3 is 3.05 bits per heavy atom. The number of thiazole rings is 1. The van der Waals surface area contributed by atoms with Crippen LogP contribution in [0.25, 0.3) is 0 Å². The van der Waals surface area contributed by atoms with Crippen LogP contribution >= 0.6 is 11.3 Å². The number of anilines is 1. The van der Waals surface area contributed by atoms with E-state index in [0.29, 0.717) is 24.3 Å². The molecule has 1 saturated heterocycles. The summed E-state index contributed by atoms with van der Waals surface area (Å²) in [5.41, 5.74) is 2.07. The van der Waals surface area contributed by atoms with Crippen LogP contribution in [0.2, 0.25) is 0 Å². The van der Waals surface area contributed by atoms with Crippen molar-refractivity contribution in [2.75, 3.05) is 25.1 Å². The van der Waals surface area contributed by atoms with Gasteiger partial charge in [-0.2, -0.15) is 0 Å². The molecule has 1 aliphatic rings. The third-order valence-electron chi connectivity index (χ3n) is 3.37. The van der Waals surface area contributed by atoms with Crippen LogP contribution in [0.5, 0.6) is 0 Å². The SMILES string of the molecule is CCOC(=O)c1ncsc1NC(C)C1CCOCC1. The summed E-state index contributed by atoms with van der Waals surface area (Å²) in [6.45, 7) is 5.95. The lowest BCUT2D eigenvalue weighted by Crippen LogP contribution is -2.31. The smallest absolute Gasteiger partial charge is 0.360 e. The van der Waals surface area contributed by atoms with Gasteiger partial charge in [0.2, 0.25) is 0 Å². The number of esters is 1. The van der Waals surface area contributed by atoms with Gasteiger partial charge in [-0.25, -0.2) is 9.78 Å². The van der Waals surface area contributed by atoms with Crippen LogP contribution in [0, 0.1) is 5.92 Å². The first kappa shape index (κ1) is 14.3. The molecule has 0 aromatic carbocycles. The number of hydrogen-bond acceptors (Lipinski definition) is 6. The molecule has 0 spiro atoms. The Hall–Kier alpha value is -1.14. The first-order valence-corrected chi connectivity index (χ1v) is 7.55. The highest BCUT2D eigenvalue weighted by Gasteiger charge is 2.23. The Balaban J connectivity index is 1.98. The van der Waals surface area contributed by atoms with Crippen molar-refractivity contribution in [1.29, 1.82) is 0 Å². The van der Waals surface area contributed by atoms with Gasteiger partial charge in [0.15, 0.2) is 5.69 Å². The van der Waals surface area contributed by atoms with Crippen LogP contribution in [0.15, 0.2) is 5.51 Å². The van der Waals surface area contributed by atoms with Gasteiger partial charge in [0.1, 0.15) is 5.00 Å². The molecule has 1 atom stereocenters. The van der Waals surface area contributed by atoms with Gasteiger partial charge in [-0.15, -0.1) is 11.3 Å². The van der Waals surface area contributed by atoms with Crippen molar-refractivity contribution < 1.29 is 14.3 Å². The van der Waals surface area contributed by atoms with Gasteiger partial charge in [0, 0.05) is 19.3 Å². The molecule has 1 aliphatic heterocycles. The highest BCUT2D eigenvalue weighted by Crippen LogP contribution is 2.26. The summed E-state index contributed by atoms with van der Waals surface area (Å²) in [5.74, 6) is 0.219. The summed E-state index contributed by atoms with van der Waals surface area (Å²) in [4.78, 5) is 15.8. The zero-order chi connectivity index (χ0) is 13.7. The second-order valence-electron chi connectivity index (χ2n) is 4.63. The van der Waals surface area contributed by atoms with E-state index in [1.54, 1.807) is 12.4 Å². The molecular weight excluding hydrogens is 264 g/mol. The lowest BCUT2D eigenvalue weighted by molar-refractivity contribution is 0.0520. The minimum absolute atomic E-state index is 0.303. The largest absolute Gasteiger partial charge is 0.461 e. The van der Waals surface area contributed by atoms with Gasteiger partial charge in [-0.05, 0) is 32.6 Å². The molecule has 0 aliphatic carbocycles. The normalized spacial score (nSPS) is 18.0. The molecule has 6 heteroatoms. The molecule has 0 amide bonds. The Morgan fingerprint density at radius 1 is 1.63 bits per heavy atom. The van der Waals surface area contributed by atoms with Gasteiger partial charge in [0.25, 0.3) is 0 Å². The summed E-state index contributed by atoms with van der Waals surface area (Å²) in [6, 6.07) is 0.303. The van der Waals surface area contributed by atoms with Crippen molar-refractivity contribution in [2.45, 2.75) is 32.7 Å². The predicted octanol–water partition coefficient (Wildman–Crippen LogP) is 2.55. The monoisotopic (exact) mass is 284 g/mol. The average Bonchev–Trinajstić information content (AvgIpc) is 2.88. The van der Waals surface area contributed by atoms with E-state index < -0.39 is 0 Å². The highest BCUT2D eigenvalue weighted by molar-refractivity contribution is 7.14. The Labute approximate surface area is 117 Å². The van der Waals surface area contributed by atoms with Crippen LogP contribution in [0.4, 0.5) is 5.00 Å². The molecule has 2 rings (SSSR count). The van der Waals surface area contributed by atoms with E-state index in [1.807, 2.05) is 0 Å². The van der Waals surface area contributed by atoms with Crippen LogP contribution < -0.4 is 5.32 Å².